The Balaban J connectivity index is 2.39. The monoisotopic (exact) mass is 254 g/mol. The topological polar surface area (TPSA) is 55.8 Å². The second-order valence-electron chi connectivity index (χ2n) is 4.54. The predicted molar refractivity (Wildman–Crippen MR) is 61.7 cm³/mol. The Hall–Kier alpha value is -1.46. The second kappa shape index (κ2) is 4.33. The number of aliphatic carboxylic acids is 1. The van der Waals surface area contributed by atoms with Gasteiger partial charge in [0.1, 0.15) is 11.2 Å². The van der Waals surface area contributed by atoms with Gasteiger partial charge in [0.2, 0.25) is 0 Å². The summed E-state index contributed by atoms with van der Waals surface area (Å²) in [5, 5.41) is 9.41. The highest BCUT2D eigenvalue weighted by atomic mass is 19.1. The summed E-state index contributed by atoms with van der Waals surface area (Å²) in [7, 11) is 2.91. The minimum absolute atomic E-state index is 0.100. The number of ether oxygens (including phenoxy) is 2. The molecule has 0 aromatic heterocycles. The molecule has 2 rings (SSSR count). The standard InChI is InChI=1S/C13H15FO4/c1-17-13(18-2)7-12(8-13,11(15)16)9-5-3-4-6-10(9)14/h3-6H,7-8H2,1-2H3,(H,15,16). The van der Waals surface area contributed by atoms with Crippen molar-refractivity contribution in [2.45, 2.75) is 24.0 Å². The lowest BCUT2D eigenvalue weighted by atomic mass is 9.60. The number of halogens is 1. The Morgan fingerprint density at radius 3 is 2.28 bits per heavy atom. The Labute approximate surface area is 104 Å². The second-order valence-corrected chi connectivity index (χ2v) is 4.54. The van der Waals surface area contributed by atoms with E-state index in [0.717, 1.165) is 0 Å². The molecule has 1 aromatic rings. The Morgan fingerprint density at radius 1 is 1.28 bits per heavy atom. The largest absolute Gasteiger partial charge is 0.481 e. The molecule has 1 aliphatic carbocycles. The van der Waals surface area contributed by atoms with Crippen LogP contribution in [0.15, 0.2) is 24.3 Å². The minimum Gasteiger partial charge on any atom is -0.481 e. The molecule has 1 aromatic carbocycles. The molecule has 1 fully saturated rings. The van der Waals surface area contributed by atoms with E-state index >= 15 is 0 Å². The first-order valence-electron chi connectivity index (χ1n) is 5.58. The number of methoxy groups -OCH3 is 2. The quantitative estimate of drug-likeness (QED) is 0.834. The molecule has 0 unspecified atom stereocenters. The molecule has 4 nitrogen and oxygen atoms in total. The third-order valence-electron chi connectivity index (χ3n) is 3.69. The smallest absolute Gasteiger partial charge is 0.314 e. The van der Waals surface area contributed by atoms with Crippen LogP contribution in [0.5, 0.6) is 0 Å². The lowest BCUT2D eigenvalue weighted by Crippen LogP contribution is -2.60. The van der Waals surface area contributed by atoms with Crippen molar-refractivity contribution in [3.8, 4) is 0 Å². The van der Waals surface area contributed by atoms with Crippen molar-refractivity contribution in [3.63, 3.8) is 0 Å². The molecule has 0 aliphatic heterocycles. The summed E-state index contributed by atoms with van der Waals surface area (Å²) in [4.78, 5) is 11.5. The molecule has 0 amide bonds. The van der Waals surface area contributed by atoms with E-state index in [1.165, 1.54) is 32.4 Å². The van der Waals surface area contributed by atoms with E-state index in [4.69, 9.17) is 9.47 Å². The average molecular weight is 254 g/mol. The maximum absolute atomic E-state index is 13.8. The molecule has 0 atom stereocenters. The van der Waals surface area contributed by atoms with E-state index in [-0.39, 0.29) is 18.4 Å². The molecular formula is C13H15FO4. The molecule has 0 saturated heterocycles. The first kappa shape index (κ1) is 13.0. The van der Waals surface area contributed by atoms with Gasteiger partial charge in [-0.25, -0.2) is 4.39 Å². The van der Waals surface area contributed by atoms with Gasteiger partial charge in [-0.3, -0.25) is 4.79 Å². The molecule has 5 heteroatoms. The summed E-state index contributed by atoms with van der Waals surface area (Å²) < 4.78 is 24.1. The van der Waals surface area contributed by atoms with Gasteiger partial charge in [0, 0.05) is 32.6 Å². The fourth-order valence-electron chi connectivity index (χ4n) is 2.55. The van der Waals surface area contributed by atoms with Gasteiger partial charge < -0.3 is 14.6 Å². The van der Waals surface area contributed by atoms with Gasteiger partial charge in [-0.1, -0.05) is 18.2 Å². The predicted octanol–water partition coefficient (Wildman–Crippen LogP) is 1.93. The molecule has 1 N–H and O–H groups in total. The molecule has 1 aliphatic rings. The third-order valence-corrected chi connectivity index (χ3v) is 3.69. The maximum Gasteiger partial charge on any atom is 0.314 e. The third kappa shape index (κ3) is 1.71. The van der Waals surface area contributed by atoms with E-state index in [2.05, 4.69) is 0 Å². The van der Waals surface area contributed by atoms with Crippen LogP contribution in [-0.4, -0.2) is 31.1 Å². The van der Waals surface area contributed by atoms with Crippen LogP contribution in [-0.2, 0) is 19.7 Å². The van der Waals surface area contributed by atoms with E-state index in [0.29, 0.717) is 0 Å². The van der Waals surface area contributed by atoms with Gasteiger partial charge in [-0.15, -0.1) is 0 Å². The summed E-state index contributed by atoms with van der Waals surface area (Å²) in [6.07, 6.45) is 0.201. The van der Waals surface area contributed by atoms with E-state index in [1.54, 1.807) is 6.07 Å². The zero-order valence-corrected chi connectivity index (χ0v) is 10.3. The van der Waals surface area contributed by atoms with Crippen LogP contribution in [0.3, 0.4) is 0 Å². The maximum atomic E-state index is 13.8. The summed E-state index contributed by atoms with van der Waals surface area (Å²) in [5.41, 5.74) is -1.08. The highest BCUT2D eigenvalue weighted by molar-refractivity contribution is 5.83. The van der Waals surface area contributed by atoms with Crippen molar-refractivity contribution in [2.75, 3.05) is 14.2 Å². The number of hydrogen-bond acceptors (Lipinski definition) is 3. The van der Waals surface area contributed by atoms with Crippen LogP contribution in [0.1, 0.15) is 18.4 Å². The Morgan fingerprint density at radius 2 is 1.83 bits per heavy atom. The van der Waals surface area contributed by atoms with Crippen LogP contribution in [0.4, 0.5) is 4.39 Å². The zero-order chi connectivity index (χ0) is 13.4. The summed E-state index contributed by atoms with van der Waals surface area (Å²) in [6.45, 7) is 0. The summed E-state index contributed by atoms with van der Waals surface area (Å²) >= 11 is 0. The molecule has 0 bridgehead atoms. The molecular weight excluding hydrogens is 239 g/mol. The van der Waals surface area contributed by atoms with Crippen LogP contribution >= 0.6 is 0 Å². The normalized spacial score (nSPS) is 20.2. The van der Waals surface area contributed by atoms with Crippen LogP contribution in [0, 0.1) is 5.82 Å². The number of carbonyl (C=O) groups is 1. The van der Waals surface area contributed by atoms with E-state index in [9.17, 15) is 14.3 Å². The van der Waals surface area contributed by atoms with Crippen molar-refractivity contribution in [2.24, 2.45) is 0 Å². The van der Waals surface area contributed by atoms with Gasteiger partial charge in [-0.2, -0.15) is 0 Å². The lowest BCUT2D eigenvalue weighted by Gasteiger charge is -2.51. The molecule has 0 radical (unpaired) electrons. The highest BCUT2D eigenvalue weighted by Crippen LogP contribution is 2.53. The summed E-state index contributed by atoms with van der Waals surface area (Å²) in [5.74, 6) is -2.50. The van der Waals surface area contributed by atoms with Gasteiger partial charge in [0.15, 0.2) is 5.79 Å². The molecule has 0 heterocycles. The van der Waals surface area contributed by atoms with Crippen molar-refractivity contribution in [1.82, 2.24) is 0 Å². The highest BCUT2D eigenvalue weighted by Gasteiger charge is 2.62. The number of benzene rings is 1. The lowest BCUT2D eigenvalue weighted by molar-refractivity contribution is -0.278. The molecule has 98 valence electrons. The van der Waals surface area contributed by atoms with Gasteiger partial charge in [-0.05, 0) is 6.07 Å². The van der Waals surface area contributed by atoms with Crippen molar-refractivity contribution >= 4 is 5.97 Å². The fourth-order valence-corrected chi connectivity index (χ4v) is 2.55. The average Bonchev–Trinajstić information content (AvgIpc) is 2.31. The number of rotatable bonds is 4. The zero-order valence-electron chi connectivity index (χ0n) is 10.3. The number of hydrogen-bond donors (Lipinski definition) is 1. The van der Waals surface area contributed by atoms with Crippen LogP contribution in [0.2, 0.25) is 0 Å². The van der Waals surface area contributed by atoms with Crippen LogP contribution in [0.25, 0.3) is 0 Å². The fraction of sp³-hybridized carbons (Fsp3) is 0.462. The van der Waals surface area contributed by atoms with Crippen molar-refractivity contribution < 1.29 is 23.8 Å². The minimum atomic E-state index is -1.27. The van der Waals surface area contributed by atoms with Gasteiger partial charge >= 0.3 is 5.97 Å². The summed E-state index contributed by atoms with van der Waals surface area (Å²) in [6, 6.07) is 5.92. The molecule has 0 spiro atoms. The van der Waals surface area contributed by atoms with Crippen molar-refractivity contribution in [1.29, 1.82) is 0 Å². The van der Waals surface area contributed by atoms with E-state index in [1.807, 2.05) is 0 Å². The number of carboxylic acid groups (broad SMARTS) is 1. The van der Waals surface area contributed by atoms with Crippen LogP contribution < -0.4 is 0 Å². The van der Waals surface area contributed by atoms with Crippen molar-refractivity contribution in [3.05, 3.63) is 35.6 Å². The van der Waals surface area contributed by atoms with E-state index < -0.39 is 23.0 Å². The molecule has 1 saturated carbocycles. The number of carboxylic acids is 1. The Kier molecular flexibility index (Phi) is 3.12. The van der Waals surface area contributed by atoms with Gasteiger partial charge in [0.05, 0.1) is 0 Å². The first-order valence-corrected chi connectivity index (χ1v) is 5.58. The molecule has 18 heavy (non-hydrogen) atoms. The SMILES string of the molecule is COC1(OC)CC(C(=O)O)(c2ccccc2F)C1. The first-order chi connectivity index (χ1) is 8.49. The van der Waals surface area contributed by atoms with Gasteiger partial charge in [0.25, 0.3) is 0 Å². The Bertz CT molecular complexity index is 460.